The number of halogens is 2. The molecule has 0 radical (unpaired) electrons. The summed E-state index contributed by atoms with van der Waals surface area (Å²) < 4.78 is 38.4. The van der Waals surface area contributed by atoms with E-state index in [1.165, 1.54) is 13.0 Å². The topological polar surface area (TPSA) is 61.6 Å². The van der Waals surface area contributed by atoms with Crippen LogP contribution in [-0.4, -0.2) is 18.1 Å². The van der Waals surface area contributed by atoms with Gasteiger partial charge in [0.15, 0.2) is 6.10 Å². The molecule has 0 saturated heterocycles. The molecule has 0 aliphatic carbocycles. The molecular formula is C18H19F2NO3. The second-order valence-electron chi connectivity index (χ2n) is 5.45. The molecule has 0 fully saturated rings. The number of carbonyl (C=O) groups is 1. The van der Waals surface area contributed by atoms with Crippen LogP contribution >= 0.6 is 0 Å². The summed E-state index contributed by atoms with van der Waals surface area (Å²) in [5, 5.41) is 0. The summed E-state index contributed by atoms with van der Waals surface area (Å²) in [6, 6.07) is 11.0. The third-order valence-electron chi connectivity index (χ3n) is 3.38. The Morgan fingerprint density at radius 1 is 1.08 bits per heavy atom. The van der Waals surface area contributed by atoms with E-state index in [0.29, 0.717) is 5.75 Å². The van der Waals surface area contributed by atoms with Gasteiger partial charge in [-0.05, 0) is 38.1 Å². The van der Waals surface area contributed by atoms with Gasteiger partial charge in [0.2, 0.25) is 0 Å². The van der Waals surface area contributed by atoms with Crippen LogP contribution < -0.4 is 10.5 Å². The Kier molecular flexibility index (Phi) is 5.87. The second-order valence-corrected chi connectivity index (χ2v) is 5.45. The molecule has 2 aromatic carbocycles. The van der Waals surface area contributed by atoms with E-state index < -0.39 is 35.9 Å². The van der Waals surface area contributed by atoms with Crippen molar-refractivity contribution in [2.75, 3.05) is 0 Å². The molecule has 0 amide bonds. The second kappa shape index (κ2) is 7.88. The van der Waals surface area contributed by atoms with E-state index in [9.17, 15) is 13.6 Å². The van der Waals surface area contributed by atoms with Crippen molar-refractivity contribution < 1.29 is 23.0 Å². The average molecular weight is 335 g/mol. The predicted molar refractivity (Wildman–Crippen MR) is 85.4 cm³/mol. The summed E-state index contributed by atoms with van der Waals surface area (Å²) in [7, 11) is 0. The van der Waals surface area contributed by atoms with Crippen molar-refractivity contribution >= 4 is 5.97 Å². The van der Waals surface area contributed by atoms with E-state index in [-0.39, 0.29) is 5.56 Å². The smallest absolute Gasteiger partial charge is 0.323 e. The van der Waals surface area contributed by atoms with Gasteiger partial charge in [-0.15, -0.1) is 0 Å². The molecule has 0 spiro atoms. The zero-order valence-corrected chi connectivity index (χ0v) is 13.4. The minimum atomic E-state index is -0.948. The highest BCUT2D eigenvalue weighted by atomic mass is 19.1. The Morgan fingerprint density at radius 2 is 1.75 bits per heavy atom. The molecule has 6 heteroatoms. The van der Waals surface area contributed by atoms with E-state index >= 15 is 0 Å². The molecule has 0 aliphatic heterocycles. The lowest BCUT2D eigenvalue weighted by atomic mass is 10.0. The minimum absolute atomic E-state index is 0.0882. The SMILES string of the molecule is C[C@H](N)C(=O)O[C@@H](C)[C@H](Oc1ccccc1)c1ccc(F)cc1F. The lowest BCUT2D eigenvalue weighted by Crippen LogP contribution is -2.35. The number of nitrogens with two attached hydrogens (primary N) is 1. The van der Waals surface area contributed by atoms with E-state index in [1.54, 1.807) is 37.3 Å². The van der Waals surface area contributed by atoms with Crippen molar-refractivity contribution in [1.82, 2.24) is 0 Å². The molecular weight excluding hydrogens is 316 g/mol. The fraction of sp³-hybridized carbons (Fsp3) is 0.278. The Hall–Kier alpha value is -2.47. The van der Waals surface area contributed by atoms with Crippen LogP contribution in [0.4, 0.5) is 8.78 Å². The maximum atomic E-state index is 14.2. The number of benzene rings is 2. The third kappa shape index (κ3) is 4.52. The minimum Gasteiger partial charge on any atom is -0.482 e. The molecule has 4 nitrogen and oxygen atoms in total. The van der Waals surface area contributed by atoms with Crippen LogP contribution in [0, 0.1) is 11.6 Å². The van der Waals surface area contributed by atoms with E-state index in [0.717, 1.165) is 12.1 Å². The van der Waals surface area contributed by atoms with E-state index in [2.05, 4.69) is 0 Å². The Bertz CT molecular complexity index is 692. The first-order valence-corrected chi connectivity index (χ1v) is 7.51. The van der Waals surface area contributed by atoms with Gasteiger partial charge in [-0.2, -0.15) is 0 Å². The van der Waals surface area contributed by atoms with Crippen molar-refractivity contribution in [3.8, 4) is 5.75 Å². The van der Waals surface area contributed by atoms with Crippen molar-refractivity contribution in [2.45, 2.75) is 32.1 Å². The molecule has 0 unspecified atom stereocenters. The van der Waals surface area contributed by atoms with Crippen LogP contribution in [-0.2, 0) is 9.53 Å². The van der Waals surface area contributed by atoms with Crippen molar-refractivity contribution in [1.29, 1.82) is 0 Å². The first-order chi connectivity index (χ1) is 11.4. The lowest BCUT2D eigenvalue weighted by molar-refractivity contribution is -0.154. The summed E-state index contributed by atoms with van der Waals surface area (Å²) in [6.45, 7) is 3.05. The number of hydrogen-bond acceptors (Lipinski definition) is 4. The fourth-order valence-electron chi connectivity index (χ4n) is 2.14. The van der Waals surface area contributed by atoms with Gasteiger partial charge in [-0.3, -0.25) is 4.79 Å². The number of rotatable bonds is 6. The maximum Gasteiger partial charge on any atom is 0.323 e. The number of hydrogen-bond donors (Lipinski definition) is 1. The van der Waals surface area contributed by atoms with Crippen LogP contribution in [0.5, 0.6) is 5.75 Å². The van der Waals surface area contributed by atoms with Gasteiger partial charge in [0.25, 0.3) is 0 Å². The van der Waals surface area contributed by atoms with Gasteiger partial charge in [0.1, 0.15) is 29.5 Å². The first-order valence-electron chi connectivity index (χ1n) is 7.51. The molecule has 2 aromatic rings. The highest BCUT2D eigenvalue weighted by molar-refractivity contribution is 5.75. The predicted octanol–water partition coefficient (Wildman–Crippen LogP) is 3.36. The lowest BCUT2D eigenvalue weighted by Gasteiger charge is -2.26. The zero-order chi connectivity index (χ0) is 17.7. The van der Waals surface area contributed by atoms with Gasteiger partial charge in [0, 0.05) is 11.6 Å². The van der Waals surface area contributed by atoms with Crippen LogP contribution in [0.25, 0.3) is 0 Å². The summed E-state index contributed by atoms with van der Waals surface area (Å²) in [6.07, 6.45) is -1.78. The molecule has 0 aromatic heterocycles. The monoisotopic (exact) mass is 335 g/mol. The quantitative estimate of drug-likeness (QED) is 0.822. The van der Waals surface area contributed by atoms with E-state index in [1.807, 2.05) is 0 Å². The normalized spacial score (nSPS) is 14.5. The van der Waals surface area contributed by atoms with Crippen molar-refractivity contribution in [3.63, 3.8) is 0 Å². The molecule has 2 N–H and O–H groups in total. The van der Waals surface area contributed by atoms with Crippen LogP contribution in [0.15, 0.2) is 48.5 Å². The first kappa shape index (κ1) is 17.9. The van der Waals surface area contributed by atoms with Crippen molar-refractivity contribution in [3.05, 3.63) is 65.7 Å². The number of esters is 1. The van der Waals surface area contributed by atoms with Crippen molar-refractivity contribution in [2.24, 2.45) is 5.73 Å². The van der Waals surface area contributed by atoms with Crippen LogP contribution in [0.1, 0.15) is 25.5 Å². The Labute approximate surface area is 139 Å². The number of carbonyl (C=O) groups excluding carboxylic acids is 1. The van der Waals surface area contributed by atoms with Gasteiger partial charge in [-0.25, -0.2) is 8.78 Å². The largest absolute Gasteiger partial charge is 0.482 e. The standard InChI is InChI=1S/C18H19F2NO3/c1-11(21)18(22)23-12(2)17(24-14-6-4-3-5-7-14)15-9-8-13(19)10-16(15)20/h3-12,17H,21H2,1-2H3/t11-,12-,17-/m0/s1. The molecule has 2 rings (SSSR count). The fourth-order valence-corrected chi connectivity index (χ4v) is 2.14. The molecule has 24 heavy (non-hydrogen) atoms. The summed E-state index contributed by atoms with van der Waals surface area (Å²) in [5.41, 5.74) is 5.57. The molecule has 0 bridgehead atoms. The Morgan fingerprint density at radius 3 is 2.33 bits per heavy atom. The van der Waals surface area contributed by atoms with Crippen LogP contribution in [0.3, 0.4) is 0 Å². The van der Waals surface area contributed by atoms with Gasteiger partial charge in [-0.1, -0.05) is 18.2 Å². The average Bonchev–Trinajstić information content (AvgIpc) is 2.54. The molecule has 0 saturated carbocycles. The number of ether oxygens (including phenoxy) is 2. The van der Waals surface area contributed by atoms with Crippen LogP contribution in [0.2, 0.25) is 0 Å². The zero-order valence-electron chi connectivity index (χ0n) is 13.4. The van der Waals surface area contributed by atoms with Gasteiger partial charge in [0.05, 0.1) is 0 Å². The Balaban J connectivity index is 2.31. The molecule has 128 valence electrons. The van der Waals surface area contributed by atoms with Gasteiger partial charge < -0.3 is 15.2 Å². The highest BCUT2D eigenvalue weighted by Gasteiger charge is 2.28. The summed E-state index contributed by atoms with van der Waals surface area (Å²) in [4.78, 5) is 11.7. The molecule has 0 aliphatic rings. The highest BCUT2D eigenvalue weighted by Crippen LogP contribution is 2.29. The van der Waals surface area contributed by atoms with Gasteiger partial charge >= 0.3 is 5.97 Å². The maximum absolute atomic E-state index is 14.2. The van der Waals surface area contributed by atoms with E-state index in [4.69, 9.17) is 15.2 Å². The molecule has 0 heterocycles. The summed E-state index contributed by atoms with van der Waals surface area (Å²) >= 11 is 0. The number of para-hydroxylation sites is 1. The molecule has 3 atom stereocenters. The summed E-state index contributed by atoms with van der Waals surface area (Å²) in [5.74, 6) is -1.64. The third-order valence-corrected chi connectivity index (χ3v) is 3.38.